The van der Waals surface area contributed by atoms with Crippen molar-refractivity contribution < 1.29 is 38.4 Å². The fourth-order valence-corrected chi connectivity index (χ4v) is 6.47. The van der Waals surface area contributed by atoms with Gasteiger partial charge in [-0.1, -0.05) is 32.9 Å². The molecule has 4 atom stereocenters. The van der Waals surface area contributed by atoms with Gasteiger partial charge in [0, 0.05) is 13.0 Å². The summed E-state index contributed by atoms with van der Waals surface area (Å²) >= 11 is 0. The summed E-state index contributed by atoms with van der Waals surface area (Å²) in [7, 11) is 2.80. The number of aliphatic hydroxyl groups is 1. The molecule has 1 aliphatic carbocycles. The second kappa shape index (κ2) is 10.2. The third-order valence-electron chi connectivity index (χ3n) is 8.32. The van der Waals surface area contributed by atoms with Crippen LogP contribution in [0.4, 0.5) is 0 Å². The van der Waals surface area contributed by atoms with Gasteiger partial charge in [-0.05, 0) is 60.6 Å². The van der Waals surface area contributed by atoms with Crippen molar-refractivity contribution in [1.29, 1.82) is 0 Å². The van der Waals surface area contributed by atoms with Crippen LogP contribution in [-0.4, -0.2) is 73.3 Å². The van der Waals surface area contributed by atoms with E-state index in [4.69, 9.17) is 23.7 Å². The smallest absolute Gasteiger partial charge is 0.339 e. The molecule has 0 saturated carbocycles. The van der Waals surface area contributed by atoms with Gasteiger partial charge in [0.05, 0.1) is 32.1 Å². The Morgan fingerprint density at radius 2 is 1.92 bits per heavy atom. The predicted octanol–water partition coefficient (Wildman–Crippen LogP) is 3.63. The molecule has 1 aromatic carbocycles. The summed E-state index contributed by atoms with van der Waals surface area (Å²) < 4.78 is 28.2. The van der Waals surface area contributed by atoms with Crippen molar-refractivity contribution in [3.05, 3.63) is 47.2 Å². The molecule has 1 fully saturated rings. The summed E-state index contributed by atoms with van der Waals surface area (Å²) in [6.07, 6.45) is 7.02. The van der Waals surface area contributed by atoms with E-state index in [9.17, 15) is 14.7 Å². The van der Waals surface area contributed by atoms with Crippen molar-refractivity contribution in [3.63, 3.8) is 0 Å². The van der Waals surface area contributed by atoms with Crippen LogP contribution in [-0.2, 0) is 30.2 Å². The van der Waals surface area contributed by atoms with Gasteiger partial charge in [0.25, 0.3) is 0 Å². The van der Waals surface area contributed by atoms with Crippen LogP contribution in [0.25, 0.3) is 0 Å². The Morgan fingerprint density at radius 3 is 2.62 bits per heavy atom. The normalized spacial score (nSPS) is 27.2. The molecular weight excluding hydrogens is 502 g/mol. The van der Waals surface area contributed by atoms with E-state index in [1.165, 1.54) is 7.11 Å². The zero-order valence-corrected chi connectivity index (χ0v) is 23.5. The topological polar surface area (TPSA) is 104 Å². The van der Waals surface area contributed by atoms with Gasteiger partial charge in [-0.2, -0.15) is 0 Å². The highest BCUT2D eigenvalue weighted by atomic mass is 16.7. The Kier molecular flexibility index (Phi) is 7.18. The monoisotopic (exact) mass is 541 g/mol. The predicted molar refractivity (Wildman–Crippen MR) is 142 cm³/mol. The van der Waals surface area contributed by atoms with Gasteiger partial charge in [0.15, 0.2) is 23.2 Å². The van der Waals surface area contributed by atoms with E-state index in [1.54, 1.807) is 13.2 Å². The van der Waals surface area contributed by atoms with E-state index in [-0.39, 0.29) is 24.5 Å². The first kappa shape index (κ1) is 27.5. The average Bonchev–Trinajstić information content (AvgIpc) is 3.56. The molecule has 3 aliphatic heterocycles. The van der Waals surface area contributed by atoms with E-state index < -0.39 is 35.6 Å². The summed E-state index contributed by atoms with van der Waals surface area (Å²) in [5, 5.41) is 11.5. The molecule has 39 heavy (non-hydrogen) atoms. The van der Waals surface area contributed by atoms with Crippen LogP contribution < -0.4 is 9.47 Å². The van der Waals surface area contributed by atoms with Crippen LogP contribution in [0.5, 0.6) is 11.5 Å². The van der Waals surface area contributed by atoms with E-state index in [0.717, 1.165) is 49.2 Å². The molecular formula is C30H39NO8. The number of hydrogen-bond acceptors (Lipinski definition) is 9. The number of allylic oxidation sites excluding steroid dienone is 1. The lowest BCUT2D eigenvalue weighted by atomic mass is 9.77. The zero-order chi connectivity index (χ0) is 28.0. The van der Waals surface area contributed by atoms with Crippen molar-refractivity contribution in [3.8, 4) is 11.5 Å². The molecule has 0 amide bonds. The minimum atomic E-state index is -2.10. The molecule has 9 heteroatoms. The average molecular weight is 542 g/mol. The van der Waals surface area contributed by atoms with Crippen LogP contribution >= 0.6 is 0 Å². The summed E-state index contributed by atoms with van der Waals surface area (Å²) in [5.74, 6) is 0.0658. The number of nitrogens with zero attached hydrogens (tertiary/aromatic N) is 1. The minimum Gasteiger partial charge on any atom is -0.497 e. The molecule has 0 bridgehead atoms. The molecule has 1 spiro atoms. The highest BCUT2D eigenvalue weighted by Crippen LogP contribution is 2.55. The van der Waals surface area contributed by atoms with E-state index in [2.05, 4.69) is 11.0 Å². The number of carbonyl (C=O) groups excluding carboxylic acids is 2. The molecule has 5 rings (SSSR count). The second-order valence-corrected chi connectivity index (χ2v) is 12.0. The van der Waals surface area contributed by atoms with Gasteiger partial charge in [0.1, 0.15) is 5.76 Å². The lowest BCUT2D eigenvalue weighted by Crippen LogP contribution is -2.49. The van der Waals surface area contributed by atoms with E-state index >= 15 is 0 Å². The second-order valence-electron chi connectivity index (χ2n) is 12.0. The summed E-state index contributed by atoms with van der Waals surface area (Å²) in [6, 6.07) is 4.04. The quantitative estimate of drug-likeness (QED) is 0.409. The van der Waals surface area contributed by atoms with Gasteiger partial charge in [-0.15, -0.1) is 0 Å². The standard InChI is InChI=1S/C30H39NO8/c1-28(2,3)9-6-11-30(34,17-24(32)36-5)27(33)39-26-23(35-4)16-29-10-7-12-31(29)13-8-19-14-21-22(38-18-37-21)15-20(19)25(26)29/h6,9,14-16,25-26,34H,7-8,10-13,17-18H2,1-5H3/b9-6+/t25-,26-,29+,30-/m1/s1. The van der Waals surface area contributed by atoms with Gasteiger partial charge >= 0.3 is 11.9 Å². The molecule has 9 nitrogen and oxygen atoms in total. The van der Waals surface area contributed by atoms with Gasteiger partial charge in [-0.25, -0.2) is 4.79 Å². The maximum atomic E-state index is 13.8. The first-order valence-corrected chi connectivity index (χ1v) is 13.6. The number of esters is 2. The highest BCUT2D eigenvalue weighted by molar-refractivity contribution is 5.86. The Balaban J connectivity index is 1.53. The fourth-order valence-electron chi connectivity index (χ4n) is 6.47. The molecule has 3 heterocycles. The molecule has 1 N–H and O–H groups in total. The summed E-state index contributed by atoms with van der Waals surface area (Å²) in [6.45, 7) is 7.98. The Bertz CT molecular complexity index is 1200. The molecule has 1 aromatic rings. The number of methoxy groups -OCH3 is 2. The fraction of sp³-hybridized carbons (Fsp3) is 0.600. The minimum absolute atomic E-state index is 0.0891. The number of carbonyl (C=O) groups is 2. The van der Waals surface area contributed by atoms with Crippen molar-refractivity contribution in [1.82, 2.24) is 4.90 Å². The number of ether oxygens (including phenoxy) is 5. The zero-order valence-electron chi connectivity index (χ0n) is 23.5. The molecule has 1 saturated heterocycles. The molecule has 4 aliphatic rings. The van der Waals surface area contributed by atoms with Crippen molar-refractivity contribution in [2.75, 3.05) is 34.1 Å². The van der Waals surface area contributed by atoms with Crippen LogP contribution in [0.15, 0.2) is 36.1 Å². The Hall–Kier alpha value is -3.04. The molecule has 0 aromatic heterocycles. The maximum Gasteiger partial charge on any atom is 0.339 e. The van der Waals surface area contributed by atoms with Crippen LogP contribution in [0.3, 0.4) is 0 Å². The van der Waals surface area contributed by atoms with Crippen LogP contribution in [0, 0.1) is 5.41 Å². The highest BCUT2D eigenvalue weighted by Gasteiger charge is 2.59. The number of fused-ring (bicyclic) bond motifs is 3. The van der Waals surface area contributed by atoms with Gasteiger partial charge < -0.3 is 28.8 Å². The van der Waals surface area contributed by atoms with Crippen molar-refractivity contribution in [2.24, 2.45) is 5.41 Å². The largest absolute Gasteiger partial charge is 0.497 e. The van der Waals surface area contributed by atoms with E-state index in [0.29, 0.717) is 11.5 Å². The number of hydrogen-bond donors (Lipinski definition) is 1. The number of benzene rings is 1. The first-order chi connectivity index (χ1) is 18.5. The first-order valence-electron chi connectivity index (χ1n) is 13.6. The molecule has 0 radical (unpaired) electrons. The van der Waals surface area contributed by atoms with Crippen molar-refractivity contribution in [2.45, 2.75) is 76.0 Å². The maximum absolute atomic E-state index is 13.8. The third kappa shape index (κ3) is 5.02. The molecule has 0 unspecified atom stereocenters. The van der Waals surface area contributed by atoms with Crippen LogP contribution in [0.1, 0.15) is 63.5 Å². The Labute approximate surface area is 229 Å². The summed E-state index contributed by atoms with van der Waals surface area (Å²) in [4.78, 5) is 28.5. The third-order valence-corrected chi connectivity index (χ3v) is 8.32. The lowest BCUT2D eigenvalue weighted by Gasteiger charge is -2.39. The SMILES string of the molecule is COC(=O)C[C@](O)(C/C=C/C(C)(C)C)C(=O)O[C@@H]1C(OC)=C[C@]23CCCN2CCc2cc4c(cc2[C@H]13)OCO4. The van der Waals surface area contributed by atoms with Crippen molar-refractivity contribution >= 4 is 11.9 Å². The van der Waals surface area contributed by atoms with Gasteiger partial charge in [0.2, 0.25) is 6.79 Å². The molecule has 212 valence electrons. The van der Waals surface area contributed by atoms with Crippen LogP contribution in [0.2, 0.25) is 0 Å². The summed E-state index contributed by atoms with van der Waals surface area (Å²) in [5.41, 5.74) is -0.526. The lowest BCUT2D eigenvalue weighted by molar-refractivity contribution is -0.177. The van der Waals surface area contributed by atoms with Gasteiger partial charge in [-0.3, -0.25) is 9.69 Å². The van der Waals surface area contributed by atoms with E-state index in [1.807, 2.05) is 39.0 Å². The Morgan fingerprint density at radius 1 is 1.18 bits per heavy atom. The number of rotatable bonds is 7.